The van der Waals surface area contributed by atoms with Crippen molar-refractivity contribution in [3.8, 4) is 0 Å². The topological polar surface area (TPSA) is 54.9 Å². The molecule has 2 rings (SSSR count). The Labute approximate surface area is 132 Å². The minimum absolute atomic E-state index is 0.0355. The van der Waals surface area contributed by atoms with Gasteiger partial charge in [0.15, 0.2) is 4.34 Å². The van der Waals surface area contributed by atoms with Crippen molar-refractivity contribution in [2.24, 2.45) is 5.92 Å². The Morgan fingerprint density at radius 1 is 1.33 bits per heavy atom. The van der Waals surface area contributed by atoms with Crippen LogP contribution in [0.4, 0.5) is 5.13 Å². The first-order valence-corrected chi connectivity index (χ1v) is 8.44. The monoisotopic (exact) mass is 319 g/mol. The molecule has 21 heavy (non-hydrogen) atoms. The second-order valence-corrected chi connectivity index (χ2v) is 6.89. The van der Waals surface area contributed by atoms with Gasteiger partial charge in [0.25, 0.3) is 0 Å². The van der Waals surface area contributed by atoms with Crippen LogP contribution in [0.5, 0.6) is 0 Å². The molecule has 1 aromatic carbocycles. The Bertz CT molecular complexity index is 608. The molecule has 0 radical (unpaired) electrons. The van der Waals surface area contributed by atoms with E-state index in [-0.39, 0.29) is 11.8 Å². The fourth-order valence-corrected chi connectivity index (χ4v) is 3.03. The van der Waals surface area contributed by atoms with Crippen LogP contribution in [0.3, 0.4) is 0 Å². The first-order chi connectivity index (χ1) is 10.1. The van der Waals surface area contributed by atoms with Gasteiger partial charge in [0.1, 0.15) is 0 Å². The van der Waals surface area contributed by atoms with Crippen LogP contribution in [-0.4, -0.2) is 21.9 Å². The van der Waals surface area contributed by atoms with E-state index in [1.54, 1.807) is 11.8 Å². The summed E-state index contributed by atoms with van der Waals surface area (Å²) in [5, 5.41) is 11.3. The first kappa shape index (κ1) is 15.7. The Balaban J connectivity index is 1.80. The molecule has 6 heteroatoms. The number of benzene rings is 1. The molecule has 0 aliphatic heterocycles. The zero-order valence-corrected chi connectivity index (χ0v) is 13.6. The first-order valence-electron chi connectivity index (χ1n) is 6.64. The van der Waals surface area contributed by atoms with Crippen LogP contribution in [0.15, 0.2) is 40.7 Å². The maximum absolute atomic E-state index is 11.5. The van der Waals surface area contributed by atoms with Crippen LogP contribution in [-0.2, 0) is 4.79 Å². The Hall–Kier alpha value is -1.66. The highest BCUT2D eigenvalue weighted by atomic mass is 32.2. The number of hydrogen-bond donors (Lipinski definition) is 1. The molecule has 0 unspecified atom stereocenters. The zero-order chi connectivity index (χ0) is 15.1. The van der Waals surface area contributed by atoms with E-state index in [9.17, 15) is 4.79 Å². The van der Waals surface area contributed by atoms with Crippen molar-refractivity contribution in [3.63, 3.8) is 0 Å². The number of amides is 1. The smallest absolute Gasteiger partial charge is 0.228 e. The van der Waals surface area contributed by atoms with Gasteiger partial charge in [-0.05, 0) is 5.56 Å². The van der Waals surface area contributed by atoms with Crippen molar-refractivity contribution in [2.45, 2.75) is 18.2 Å². The van der Waals surface area contributed by atoms with Gasteiger partial charge in [0, 0.05) is 11.7 Å². The summed E-state index contributed by atoms with van der Waals surface area (Å²) in [6.07, 6.45) is 4.17. The molecule has 1 aromatic heterocycles. The summed E-state index contributed by atoms with van der Waals surface area (Å²) in [6.45, 7) is 3.70. The fraction of sp³-hybridized carbons (Fsp3) is 0.267. The van der Waals surface area contributed by atoms with Crippen molar-refractivity contribution in [1.82, 2.24) is 10.2 Å². The molecule has 0 atom stereocenters. The van der Waals surface area contributed by atoms with E-state index in [0.29, 0.717) is 5.13 Å². The van der Waals surface area contributed by atoms with Crippen molar-refractivity contribution in [2.75, 3.05) is 11.1 Å². The third kappa shape index (κ3) is 5.32. The van der Waals surface area contributed by atoms with Crippen LogP contribution in [0.25, 0.3) is 6.08 Å². The Kier molecular flexibility index (Phi) is 5.95. The van der Waals surface area contributed by atoms with Gasteiger partial charge in [-0.3, -0.25) is 4.79 Å². The van der Waals surface area contributed by atoms with Gasteiger partial charge in [0.05, 0.1) is 0 Å². The number of thioether (sulfide) groups is 1. The average molecular weight is 319 g/mol. The molecule has 0 spiro atoms. The number of nitrogens with zero attached hydrogens (tertiary/aromatic N) is 2. The number of hydrogen-bond acceptors (Lipinski definition) is 5. The SMILES string of the molecule is CC(C)C(=O)Nc1nnc(SCC=Cc2ccccc2)s1. The summed E-state index contributed by atoms with van der Waals surface area (Å²) >= 11 is 3.00. The minimum Gasteiger partial charge on any atom is -0.300 e. The Morgan fingerprint density at radius 3 is 2.81 bits per heavy atom. The van der Waals surface area contributed by atoms with Crippen LogP contribution >= 0.6 is 23.1 Å². The number of carbonyl (C=O) groups excluding carboxylic acids is 1. The summed E-state index contributed by atoms with van der Waals surface area (Å²) in [5.74, 6) is 0.729. The molecule has 0 saturated carbocycles. The second-order valence-electron chi connectivity index (χ2n) is 4.64. The molecular weight excluding hydrogens is 302 g/mol. The van der Waals surface area contributed by atoms with Gasteiger partial charge >= 0.3 is 0 Å². The number of anilines is 1. The zero-order valence-electron chi connectivity index (χ0n) is 11.9. The molecule has 0 saturated heterocycles. The van der Waals surface area contributed by atoms with E-state index in [2.05, 4.69) is 39.8 Å². The molecule has 4 nitrogen and oxygen atoms in total. The molecule has 1 amide bonds. The van der Waals surface area contributed by atoms with E-state index in [1.165, 1.54) is 16.9 Å². The van der Waals surface area contributed by atoms with Crippen molar-refractivity contribution in [1.29, 1.82) is 0 Å². The van der Waals surface area contributed by atoms with Gasteiger partial charge in [-0.2, -0.15) is 0 Å². The van der Waals surface area contributed by atoms with Gasteiger partial charge in [-0.15, -0.1) is 10.2 Å². The molecule has 1 heterocycles. The van der Waals surface area contributed by atoms with Gasteiger partial charge in [0.2, 0.25) is 11.0 Å². The summed E-state index contributed by atoms with van der Waals surface area (Å²) in [6, 6.07) is 10.2. The molecule has 0 aliphatic carbocycles. The normalized spacial score (nSPS) is 11.2. The lowest BCUT2D eigenvalue weighted by Crippen LogP contribution is -2.17. The Morgan fingerprint density at radius 2 is 2.10 bits per heavy atom. The third-order valence-electron chi connectivity index (χ3n) is 2.57. The third-order valence-corrected chi connectivity index (χ3v) is 4.50. The largest absolute Gasteiger partial charge is 0.300 e. The van der Waals surface area contributed by atoms with Crippen LogP contribution in [0.2, 0.25) is 0 Å². The lowest BCUT2D eigenvalue weighted by Gasteiger charge is -2.02. The van der Waals surface area contributed by atoms with Crippen molar-refractivity contribution >= 4 is 40.2 Å². The standard InChI is InChI=1S/C15H17N3OS2/c1-11(2)13(19)16-14-17-18-15(21-14)20-10-6-9-12-7-4-3-5-8-12/h3-9,11H,10H2,1-2H3,(H,16,17,19). The highest BCUT2D eigenvalue weighted by Crippen LogP contribution is 2.25. The van der Waals surface area contributed by atoms with Gasteiger partial charge < -0.3 is 5.32 Å². The molecule has 2 aromatic rings. The minimum atomic E-state index is -0.0567. The number of carbonyl (C=O) groups is 1. The van der Waals surface area contributed by atoms with E-state index < -0.39 is 0 Å². The number of aromatic nitrogens is 2. The fourth-order valence-electron chi connectivity index (χ4n) is 1.44. The van der Waals surface area contributed by atoms with E-state index in [4.69, 9.17) is 0 Å². The second kappa shape index (κ2) is 7.95. The average Bonchev–Trinajstić information content (AvgIpc) is 2.92. The van der Waals surface area contributed by atoms with E-state index in [0.717, 1.165) is 10.1 Å². The summed E-state index contributed by atoms with van der Waals surface area (Å²) < 4.78 is 0.853. The van der Waals surface area contributed by atoms with E-state index >= 15 is 0 Å². The molecule has 0 aliphatic rings. The van der Waals surface area contributed by atoms with Crippen molar-refractivity contribution < 1.29 is 4.79 Å². The van der Waals surface area contributed by atoms with E-state index in [1.807, 2.05) is 32.0 Å². The molecule has 0 fully saturated rings. The predicted molar refractivity (Wildman–Crippen MR) is 89.6 cm³/mol. The number of rotatable bonds is 6. The van der Waals surface area contributed by atoms with Gasteiger partial charge in [-0.1, -0.05) is 79.4 Å². The summed E-state index contributed by atoms with van der Waals surface area (Å²) in [5.41, 5.74) is 1.18. The summed E-state index contributed by atoms with van der Waals surface area (Å²) in [4.78, 5) is 11.5. The predicted octanol–water partition coefficient (Wildman–Crippen LogP) is 3.94. The molecule has 110 valence electrons. The molecule has 1 N–H and O–H groups in total. The van der Waals surface area contributed by atoms with Gasteiger partial charge in [-0.25, -0.2) is 0 Å². The van der Waals surface area contributed by atoms with Crippen LogP contribution in [0, 0.1) is 5.92 Å². The maximum Gasteiger partial charge on any atom is 0.228 e. The molecule has 0 bridgehead atoms. The molecular formula is C15H17N3OS2. The van der Waals surface area contributed by atoms with Crippen LogP contribution in [0.1, 0.15) is 19.4 Å². The highest BCUT2D eigenvalue weighted by Gasteiger charge is 2.10. The number of nitrogens with one attached hydrogen (secondary N) is 1. The van der Waals surface area contributed by atoms with Crippen LogP contribution < -0.4 is 5.32 Å². The quantitative estimate of drug-likeness (QED) is 0.647. The van der Waals surface area contributed by atoms with Crippen molar-refractivity contribution in [3.05, 3.63) is 42.0 Å². The lowest BCUT2D eigenvalue weighted by molar-refractivity contribution is -0.118. The lowest BCUT2D eigenvalue weighted by atomic mass is 10.2. The summed E-state index contributed by atoms with van der Waals surface area (Å²) in [7, 11) is 0. The highest BCUT2D eigenvalue weighted by molar-refractivity contribution is 8.01. The maximum atomic E-state index is 11.5.